The van der Waals surface area contributed by atoms with Crippen LogP contribution in [0.3, 0.4) is 0 Å². The zero-order valence-electron chi connectivity index (χ0n) is 46.9. The zero-order valence-corrected chi connectivity index (χ0v) is 46.9. The zero-order chi connectivity index (χ0) is 52.2. The van der Waals surface area contributed by atoms with Crippen molar-refractivity contribution in [2.24, 2.45) is 0 Å². The monoisotopic (exact) mass is 1020 g/mol. The number of aliphatic hydroxyl groups is 5. The van der Waals surface area contributed by atoms with Gasteiger partial charge in [-0.3, -0.25) is 4.79 Å². The predicted octanol–water partition coefficient (Wildman–Crippen LogP) is 15.7. The Bertz CT molecular complexity index is 1270. The summed E-state index contributed by atoms with van der Waals surface area (Å²) in [5, 5.41) is 54.6. The Morgan fingerprint density at radius 2 is 0.819 bits per heavy atom. The largest absolute Gasteiger partial charge is 0.394 e. The molecule has 1 saturated heterocycles. The molecule has 0 aliphatic carbocycles. The van der Waals surface area contributed by atoms with Crippen molar-refractivity contribution < 1.29 is 39.8 Å². The van der Waals surface area contributed by atoms with Crippen LogP contribution in [0, 0.1) is 0 Å². The maximum Gasteiger partial charge on any atom is 0.220 e. The van der Waals surface area contributed by atoms with Crippen LogP contribution in [0.2, 0.25) is 0 Å². The van der Waals surface area contributed by atoms with Gasteiger partial charge in [0.05, 0.1) is 25.4 Å². The highest BCUT2D eigenvalue weighted by molar-refractivity contribution is 5.76. The summed E-state index contributed by atoms with van der Waals surface area (Å²) in [6, 6.07) is -0.815. The highest BCUT2D eigenvalue weighted by Gasteiger charge is 2.44. The van der Waals surface area contributed by atoms with Crippen LogP contribution in [0.15, 0.2) is 48.6 Å². The molecule has 9 heteroatoms. The van der Waals surface area contributed by atoms with Gasteiger partial charge in [-0.1, -0.05) is 274 Å². The van der Waals surface area contributed by atoms with Gasteiger partial charge < -0.3 is 40.3 Å². The van der Waals surface area contributed by atoms with Gasteiger partial charge in [-0.05, 0) is 57.8 Å². The third kappa shape index (κ3) is 41.4. The van der Waals surface area contributed by atoms with Crippen LogP contribution in [0.5, 0.6) is 0 Å². The first kappa shape index (κ1) is 68.2. The molecule has 0 aromatic rings. The lowest BCUT2D eigenvalue weighted by molar-refractivity contribution is -0.302. The molecule has 0 saturated carbocycles. The van der Waals surface area contributed by atoms with Crippen LogP contribution in [0.1, 0.15) is 290 Å². The van der Waals surface area contributed by atoms with Gasteiger partial charge in [0, 0.05) is 6.42 Å². The van der Waals surface area contributed by atoms with Crippen LogP contribution < -0.4 is 5.32 Å². The van der Waals surface area contributed by atoms with E-state index in [1.807, 2.05) is 6.08 Å². The van der Waals surface area contributed by atoms with Gasteiger partial charge in [-0.2, -0.15) is 0 Å². The van der Waals surface area contributed by atoms with Crippen molar-refractivity contribution in [1.29, 1.82) is 0 Å². The molecule has 1 amide bonds. The lowest BCUT2D eigenvalue weighted by atomic mass is 9.99. The highest BCUT2D eigenvalue weighted by atomic mass is 16.7. The Hall–Kier alpha value is -1.85. The second kappa shape index (κ2) is 52.6. The molecule has 422 valence electrons. The number of carbonyl (C=O) groups excluding carboxylic acids is 1. The van der Waals surface area contributed by atoms with E-state index >= 15 is 0 Å². The minimum atomic E-state index is -1.57. The quantitative estimate of drug-likeness (QED) is 0.0261. The molecule has 72 heavy (non-hydrogen) atoms. The SMILES string of the molecule is CCCCCCC/C=C\C/C=C\C/C=C\CCCCCCCCC(=O)NC(COC1OC(CO)C(O)C(O)C1O)C(O)/C=C/CCCCCCCCCCCCCCCCCCCCCCCCCCCC. The summed E-state index contributed by atoms with van der Waals surface area (Å²) in [5.41, 5.74) is 0. The molecule has 9 nitrogen and oxygen atoms in total. The smallest absolute Gasteiger partial charge is 0.220 e. The molecular formula is C63H117NO8. The number of aliphatic hydroxyl groups excluding tert-OH is 5. The Labute approximate surface area is 444 Å². The number of amides is 1. The number of rotatable bonds is 53. The molecule has 1 aliphatic rings. The van der Waals surface area contributed by atoms with Crippen LogP contribution in [0.25, 0.3) is 0 Å². The topological polar surface area (TPSA) is 149 Å². The molecule has 1 fully saturated rings. The number of ether oxygens (including phenoxy) is 2. The van der Waals surface area contributed by atoms with Crippen molar-refractivity contribution >= 4 is 5.91 Å². The van der Waals surface area contributed by atoms with Gasteiger partial charge in [-0.15, -0.1) is 0 Å². The maximum absolute atomic E-state index is 13.1. The third-order valence-corrected chi connectivity index (χ3v) is 14.6. The molecule has 0 spiro atoms. The molecule has 0 bridgehead atoms. The van der Waals surface area contributed by atoms with E-state index in [0.29, 0.717) is 6.42 Å². The van der Waals surface area contributed by atoms with E-state index in [0.717, 1.165) is 64.2 Å². The Morgan fingerprint density at radius 3 is 1.21 bits per heavy atom. The number of nitrogens with one attached hydrogen (secondary N) is 1. The predicted molar refractivity (Wildman–Crippen MR) is 304 cm³/mol. The van der Waals surface area contributed by atoms with Crippen molar-refractivity contribution in [3.63, 3.8) is 0 Å². The minimum Gasteiger partial charge on any atom is -0.394 e. The van der Waals surface area contributed by atoms with Crippen molar-refractivity contribution in [3.8, 4) is 0 Å². The van der Waals surface area contributed by atoms with E-state index in [1.54, 1.807) is 6.08 Å². The Morgan fingerprint density at radius 1 is 0.472 bits per heavy atom. The van der Waals surface area contributed by atoms with Gasteiger partial charge in [0.15, 0.2) is 6.29 Å². The van der Waals surface area contributed by atoms with E-state index in [2.05, 4.69) is 55.6 Å². The Kier molecular flexibility index (Phi) is 49.8. The third-order valence-electron chi connectivity index (χ3n) is 14.6. The van der Waals surface area contributed by atoms with E-state index in [4.69, 9.17) is 9.47 Å². The van der Waals surface area contributed by atoms with Gasteiger partial charge in [0.2, 0.25) is 5.91 Å². The number of allylic oxidation sites excluding steroid dienone is 7. The van der Waals surface area contributed by atoms with Crippen molar-refractivity contribution in [1.82, 2.24) is 5.32 Å². The summed E-state index contributed by atoms with van der Waals surface area (Å²) in [7, 11) is 0. The summed E-state index contributed by atoms with van der Waals surface area (Å²) in [6.07, 6.45) is 63.3. The Balaban J connectivity index is 2.21. The van der Waals surface area contributed by atoms with Gasteiger partial charge in [-0.25, -0.2) is 0 Å². The standard InChI is InChI=1S/C63H117NO8/c1-3-5-7-9-11-13-15-17-19-21-23-25-26-27-28-29-30-31-33-34-36-38-40-42-44-46-48-50-52-57(66)56(55-71-63-62(70)61(69)60(68)58(54-65)72-63)64-59(67)53-51-49-47-45-43-41-39-37-35-32-24-22-20-18-16-14-12-10-8-6-4-2/h16,18,22,24,35,37,50,52,56-58,60-63,65-66,68-70H,3-15,17,19-21,23,25-34,36,38-49,51,53-55H2,1-2H3,(H,64,67)/b18-16-,24-22-,37-35-,52-50+. The fourth-order valence-corrected chi connectivity index (χ4v) is 9.75. The van der Waals surface area contributed by atoms with E-state index in [1.165, 1.54) is 205 Å². The number of unbranched alkanes of at least 4 members (excludes halogenated alkanes) is 37. The molecule has 1 rings (SSSR count). The molecule has 0 aromatic heterocycles. The highest BCUT2D eigenvalue weighted by Crippen LogP contribution is 2.23. The van der Waals surface area contributed by atoms with Crippen LogP contribution in [-0.4, -0.2) is 87.5 Å². The van der Waals surface area contributed by atoms with E-state index < -0.39 is 49.5 Å². The van der Waals surface area contributed by atoms with Gasteiger partial charge >= 0.3 is 0 Å². The lowest BCUT2D eigenvalue weighted by Crippen LogP contribution is -2.60. The number of hydrogen-bond acceptors (Lipinski definition) is 8. The van der Waals surface area contributed by atoms with Crippen molar-refractivity contribution in [3.05, 3.63) is 48.6 Å². The van der Waals surface area contributed by atoms with Gasteiger partial charge in [0.25, 0.3) is 0 Å². The number of carbonyl (C=O) groups is 1. The summed E-state index contributed by atoms with van der Waals surface area (Å²) in [6.45, 7) is 3.79. The molecule has 0 aromatic carbocycles. The van der Waals surface area contributed by atoms with Crippen LogP contribution >= 0.6 is 0 Å². The van der Waals surface area contributed by atoms with Crippen molar-refractivity contribution in [2.75, 3.05) is 13.2 Å². The molecule has 1 heterocycles. The van der Waals surface area contributed by atoms with E-state index in [-0.39, 0.29) is 12.5 Å². The second-order valence-corrected chi connectivity index (χ2v) is 21.5. The summed E-state index contributed by atoms with van der Waals surface area (Å²) in [5.74, 6) is -0.187. The first-order valence-electron chi connectivity index (χ1n) is 30.9. The van der Waals surface area contributed by atoms with Crippen LogP contribution in [-0.2, 0) is 14.3 Å². The average molecular weight is 1020 g/mol. The lowest BCUT2D eigenvalue weighted by Gasteiger charge is -2.40. The summed E-state index contributed by atoms with van der Waals surface area (Å²) in [4.78, 5) is 13.1. The first-order valence-corrected chi connectivity index (χ1v) is 30.9. The first-order chi connectivity index (χ1) is 35.3. The fraction of sp³-hybridized carbons (Fsp3) is 0.857. The van der Waals surface area contributed by atoms with Crippen LogP contribution in [0.4, 0.5) is 0 Å². The molecule has 0 radical (unpaired) electrons. The molecule has 7 unspecified atom stereocenters. The van der Waals surface area contributed by atoms with Crippen molar-refractivity contribution in [2.45, 2.75) is 333 Å². The normalized spacial score (nSPS) is 19.5. The number of hydrogen-bond donors (Lipinski definition) is 6. The molecule has 1 aliphatic heterocycles. The second-order valence-electron chi connectivity index (χ2n) is 21.5. The summed E-state index contributed by atoms with van der Waals surface area (Å²) < 4.78 is 11.3. The van der Waals surface area contributed by atoms with E-state index in [9.17, 15) is 30.3 Å². The molecule has 7 atom stereocenters. The molecule has 6 N–H and O–H groups in total. The molecular weight excluding hydrogens is 899 g/mol. The maximum atomic E-state index is 13.1. The average Bonchev–Trinajstić information content (AvgIpc) is 3.38. The minimum absolute atomic E-state index is 0.187. The van der Waals surface area contributed by atoms with Gasteiger partial charge in [0.1, 0.15) is 24.4 Å². The fourth-order valence-electron chi connectivity index (χ4n) is 9.75. The summed E-state index contributed by atoms with van der Waals surface area (Å²) >= 11 is 0.